The minimum atomic E-state index is -4.58. The molecule has 2 bridgehead atoms. The number of fused-ring (bicyclic) bond motifs is 6. The van der Waals surface area contributed by atoms with E-state index < -0.39 is 29.7 Å². The van der Waals surface area contributed by atoms with Crippen LogP contribution >= 0.6 is 12.2 Å². The van der Waals surface area contributed by atoms with Crippen LogP contribution in [0.5, 0.6) is 11.5 Å². The number of likely N-dealkylation sites (tertiary alicyclic amines) is 1. The van der Waals surface area contributed by atoms with Gasteiger partial charge in [0.15, 0.2) is 16.6 Å². The predicted octanol–water partition coefficient (Wildman–Crippen LogP) is 3.42. The van der Waals surface area contributed by atoms with Crippen LogP contribution in [0.4, 0.5) is 29.3 Å². The summed E-state index contributed by atoms with van der Waals surface area (Å²) in [5, 5.41) is 3.53. The maximum Gasteiger partial charge on any atom is 0.416 e. The predicted molar refractivity (Wildman–Crippen MR) is 118 cm³/mol. The lowest BCUT2D eigenvalue weighted by Gasteiger charge is -2.36. The molecule has 8 nitrogen and oxygen atoms in total. The zero-order valence-electron chi connectivity index (χ0n) is 17.4. The summed E-state index contributed by atoms with van der Waals surface area (Å²) < 4.78 is 50.2. The fourth-order valence-electron chi connectivity index (χ4n) is 5.12. The molecule has 1 N–H and O–H groups in total. The monoisotopic (exact) mass is 490 g/mol. The zero-order valence-corrected chi connectivity index (χ0v) is 18.2. The Bertz CT molecular complexity index is 1240. The van der Waals surface area contributed by atoms with Crippen LogP contribution < -0.4 is 19.7 Å². The lowest BCUT2D eigenvalue weighted by Crippen LogP contribution is -2.55. The van der Waals surface area contributed by atoms with E-state index in [9.17, 15) is 22.8 Å². The maximum absolute atomic E-state index is 13.3. The number of alkyl halides is 3. The molecule has 4 aliphatic rings. The third-order valence-electron chi connectivity index (χ3n) is 6.58. The summed E-state index contributed by atoms with van der Waals surface area (Å²) >= 11 is 5.59. The molecule has 2 aromatic rings. The summed E-state index contributed by atoms with van der Waals surface area (Å²) in [6.07, 6.45) is -4.03. The number of amides is 3. The number of nitrogens with one attached hydrogen (secondary N) is 1. The summed E-state index contributed by atoms with van der Waals surface area (Å²) in [4.78, 5) is 30.5. The minimum absolute atomic E-state index is 0.0914. The molecule has 2 aromatic carbocycles. The molecule has 0 aromatic heterocycles. The van der Waals surface area contributed by atoms with Gasteiger partial charge in [0.05, 0.1) is 23.3 Å². The molecule has 176 valence electrons. The number of carbonyl (C=O) groups is 2. The highest BCUT2D eigenvalue weighted by Gasteiger charge is 2.62. The fraction of sp³-hybridized carbons (Fsp3) is 0.318. The molecule has 2 unspecified atom stereocenters. The molecule has 0 aliphatic carbocycles. The molecule has 3 fully saturated rings. The fourth-order valence-corrected chi connectivity index (χ4v) is 5.45. The van der Waals surface area contributed by atoms with Crippen molar-refractivity contribution in [2.75, 3.05) is 23.6 Å². The van der Waals surface area contributed by atoms with Gasteiger partial charge in [-0.25, -0.2) is 9.69 Å². The summed E-state index contributed by atoms with van der Waals surface area (Å²) in [5.41, 5.74) is -0.323. The molecule has 4 aliphatic heterocycles. The summed E-state index contributed by atoms with van der Waals surface area (Å²) in [6.45, 7) is 0.572. The molecule has 0 radical (unpaired) electrons. The molecule has 34 heavy (non-hydrogen) atoms. The van der Waals surface area contributed by atoms with Crippen molar-refractivity contribution < 1.29 is 32.2 Å². The van der Waals surface area contributed by atoms with Crippen molar-refractivity contribution >= 4 is 40.6 Å². The summed E-state index contributed by atoms with van der Waals surface area (Å²) in [6, 6.07) is 7.52. The smallest absolute Gasteiger partial charge is 0.416 e. The van der Waals surface area contributed by atoms with Crippen molar-refractivity contribution in [2.24, 2.45) is 0 Å². The number of imide groups is 1. The second-order valence-corrected chi connectivity index (χ2v) is 8.85. The molecular formula is C22H17F3N4O4S. The number of nitrogens with zero attached hydrogens (tertiary/aromatic N) is 3. The van der Waals surface area contributed by atoms with Crippen LogP contribution in [-0.4, -0.2) is 58.3 Å². The Morgan fingerprint density at radius 3 is 2.68 bits per heavy atom. The number of carbonyl (C=O) groups excluding carboxylic acids is 2. The van der Waals surface area contributed by atoms with Crippen LogP contribution in [0.15, 0.2) is 42.5 Å². The van der Waals surface area contributed by atoms with Gasteiger partial charge in [0.25, 0.3) is 5.91 Å². The van der Waals surface area contributed by atoms with Crippen LogP contribution in [0.2, 0.25) is 0 Å². The van der Waals surface area contributed by atoms with Crippen molar-refractivity contribution in [1.29, 1.82) is 0 Å². The van der Waals surface area contributed by atoms with E-state index in [1.54, 1.807) is 18.2 Å². The molecule has 4 heterocycles. The van der Waals surface area contributed by atoms with Gasteiger partial charge in [0.2, 0.25) is 6.79 Å². The van der Waals surface area contributed by atoms with E-state index in [4.69, 9.17) is 21.7 Å². The van der Waals surface area contributed by atoms with Gasteiger partial charge < -0.3 is 24.6 Å². The average Bonchev–Trinajstić information content (AvgIpc) is 3.56. The first-order chi connectivity index (χ1) is 16.2. The van der Waals surface area contributed by atoms with Crippen LogP contribution in [0, 0.1) is 0 Å². The van der Waals surface area contributed by atoms with E-state index >= 15 is 0 Å². The van der Waals surface area contributed by atoms with Gasteiger partial charge in [-0.15, -0.1) is 0 Å². The summed E-state index contributed by atoms with van der Waals surface area (Å²) in [5.74, 6) is 0.680. The van der Waals surface area contributed by atoms with Gasteiger partial charge in [-0.3, -0.25) is 4.79 Å². The highest BCUT2D eigenvalue weighted by Crippen LogP contribution is 2.43. The molecule has 0 saturated carbocycles. The van der Waals surface area contributed by atoms with Crippen LogP contribution in [0.3, 0.4) is 0 Å². The van der Waals surface area contributed by atoms with Crippen LogP contribution in [0.1, 0.15) is 12.0 Å². The third kappa shape index (κ3) is 3.08. The van der Waals surface area contributed by atoms with Gasteiger partial charge in [0.1, 0.15) is 6.04 Å². The lowest BCUT2D eigenvalue weighted by atomic mass is 10.1. The third-order valence-corrected chi connectivity index (χ3v) is 6.92. The van der Waals surface area contributed by atoms with Crippen LogP contribution in [-0.2, 0) is 11.0 Å². The highest BCUT2D eigenvalue weighted by molar-refractivity contribution is 7.80. The summed E-state index contributed by atoms with van der Waals surface area (Å²) in [7, 11) is 0. The number of anilines is 2. The van der Waals surface area contributed by atoms with Crippen molar-refractivity contribution in [3.8, 4) is 11.5 Å². The average molecular weight is 490 g/mol. The van der Waals surface area contributed by atoms with Crippen molar-refractivity contribution in [3.63, 3.8) is 0 Å². The van der Waals surface area contributed by atoms with Crippen LogP contribution in [0.25, 0.3) is 0 Å². The number of urea groups is 1. The Morgan fingerprint density at radius 1 is 1.09 bits per heavy atom. The number of benzene rings is 2. The number of rotatable bonds is 2. The van der Waals surface area contributed by atoms with Gasteiger partial charge >= 0.3 is 12.2 Å². The van der Waals surface area contributed by atoms with E-state index in [1.807, 2.05) is 4.90 Å². The topological polar surface area (TPSA) is 74.4 Å². The Kier molecular flexibility index (Phi) is 4.47. The Labute approximate surface area is 196 Å². The second-order valence-electron chi connectivity index (χ2n) is 8.46. The van der Waals surface area contributed by atoms with E-state index in [1.165, 1.54) is 17.0 Å². The number of piperazine rings is 1. The SMILES string of the molecule is O=C1[C@H]2C3CC(CN3C(=S)Nc3ccc4c(c3)OCO4)N2C(=O)N1c1cccc(C(F)(F)F)c1. The maximum atomic E-state index is 13.3. The van der Waals surface area contributed by atoms with Gasteiger partial charge in [-0.1, -0.05) is 6.07 Å². The zero-order chi connectivity index (χ0) is 23.8. The van der Waals surface area contributed by atoms with Crippen molar-refractivity contribution in [2.45, 2.75) is 30.7 Å². The van der Waals surface area contributed by atoms with Gasteiger partial charge in [-0.05, 0) is 49.0 Å². The first-order valence-electron chi connectivity index (χ1n) is 10.5. The van der Waals surface area contributed by atoms with E-state index in [0.717, 1.165) is 17.0 Å². The lowest BCUT2D eigenvalue weighted by molar-refractivity contribution is -0.137. The molecule has 12 heteroatoms. The second kappa shape index (κ2) is 7.23. The first-order valence-corrected chi connectivity index (χ1v) is 10.9. The van der Waals surface area contributed by atoms with E-state index in [2.05, 4.69) is 5.32 Å². The van der Waals surface area contributed by atoms with E-state index in [0.29, 0.717) is 35.3 Å². The standard InChI is InChI=1S/C22H17F3N4O4S/c23-22(24,25)11-2-1-3-13(6-11)29-19(30)18-15-8-14(28(18)21(29)31)9-27(15)20(34)26-12-4-5-16-17(7-12)33-10-32-16/h1-7,14-15,18H,8-10H2,(H,26,34)/t14?,15?,18-/m1/s1. The normalized spacial score (nSPS) is 24.8. The van der Waals surface area contributed by atoms with Gasteiger partial charge in [-0.2, -0.15) is 13.2 Å². The molecule has 3 amide bonds. The number of hydrogen-bond acceptors (Lipinski definition) is 5. The Morgan fingerprint density at radius 2 is 1.88 bits per heavy atom. The van der Waals surface area contributed by atoms with Crippen molar-refractivity contribution in [1.82, 2.24) is 9.80 Å². The number of hydrogen-bond donors (Lipinski definition) is 1. The molecule has 6 rings (SSSR count). The largest absolute Gasteiger partial charge is 0.454 e. The minimum Gasteiger partial charge on any atom is -0.454 e. The number of thiocarbonyl (C=S) groups is 1. The number of halogens is 3. The van der Waals surface area contributed by atoms with Gasteiger partial charge in [0, 0.05) is 18.3 Å². The van der Waals surface area contributed by atoms with Crippen molar-refractivity contribution in [3.05, 3.63) is 48.0 Å². The molecule has 3 atom stereocenters. The Hall–Kier alpha value is -3.54. The Balaban J connectivity index is 1.23. The molecular weight excluding hydrogens is 473 g/mol. The highest BCUT2D eigenvalue weighted by atomic mass is 32.1. The quantitative estimate of drug-likeness (QED) is 0.511. The number of ether oxygens (including phenoxy) is 2. The molecule has 0 spiro atoms. The molecule has 3 saturated heterocycles. The van der Waals surface area contributed by atoms with E-state index in [-0.39, 0.29) is 24.6 Å². The first kappa shape index (κ1) is 21.0.